The lowest BCUT2D eigenvalue weighted by molar-refractivity contribution is -0.144. The van der Waals surface area contributed by atoms with Gasteiger partial charge in [-0.3, -0.25) is 4.79 Å². The van der Waals surface area contributed by atoms with Crippen molar-refractivity contribution in [3.63, 3.8) is 0 Å². The number of nitrogen functional groups attached to an aromatic ring is 1. The summed E-state index contributed by atoms with van der Waals surface area (Å²) in [5.41, 5.74) is -5.76. The number of nitrogens with two attached hydrogens (primary N) is 1. The van der Waals surface area contributed by atoms with E-state index >= 15 is 0 Å². The fraction of sp³-hybridized carbons (Fsp3) is 0.214. The summed E-state index contributed by atoms with van der Waals surface area (Å²) >= 11 is 0. The Morgan fingerprint density at radius 1 is 1.21 bits per heavy atom. The molecule has 0 bridgehead atoms. The second-order valence-electron chi connectivity index (χ2n) is 4.99. The van der Waals surface area contributed by atoms with Crippen molar-refractivity contribution in [3.05, 3.63) is 61.2 Å². The highest BCUT2D eigenvalue weighted by Gasteiger charge is 2.38. The predicted molar refractivity (Wildman–Crippen MR) is 75.6 cm³/mol. The number of nitriles is 1. The molecule has 0 aliphatic heterocycles. The van der Waals surface area contributed by atoms with Crippen LogP contribution in [-0.2, 0) is 6.18 Å². The molecule has 2 rings (SSSR count). The fourth-order valence-electron chi connectivity index (χ4n) is 2.26. The molecule has 10 heteroatoms. The molecule has 1 aromatic carbocycles. The van der Waals surface area contributed by atoms with Crippen molar-refractivity contribution in [2.75, 3.05) is 5.84 Å². The standard InChI is InChI=1S/C14H10F4N4O2/c1-6-3-10(9(15)4-8(6)5-19)21-12(23)7(2)11(14(16,17)18)22(20)13(21)24/h3-4H,20H2,1-2H3. The Balaban J connectivity index is 2.95. The summed E-state index contributed by atoms with van der Waals surface area (Å²) in [7, 11) is 0. The molecule has 0 atom stereocenters. The van der Waals surface area contributed by atoms with Crippen LogP contribution >= 0.6 is 0 Å². The number of nitrogens with zero attached hydrogens (tertiary/aromatic N) is 3. The first-order chi connectivity index (χ1) is 11.0. The van der Waals surface area contributed by atoms with Crippen LogP contribution in [0.25, 0.3) is 5.69 Å². The van der Waals surface area contributed by atoms with Crippen molar-refractivity contribution < 1.29 is 17.6 Å². The SMILES string of the molecule is Cc1cc(-n2c(=O)c(C)c(C(F)(F)F)n(N)c2=O)c(F)cc1C#N. The highest BCUT2D eigenvalue weighted by atomic mass is 19.4. The van der Waals surface area contributed by atoms with Crippen molar-refractivity contribution in [3.8, 4) is 11.8 Å². The Morgan fingerprint density at radius 3 is 2.29 bits per heavy atom. The largest absolute Gasteiger partial charge is 0.433 e. The average Bonchev–Trinajstić information content (AvgIpc) is 2.47. The van der Waals surface area contributed by atoms with Crippen LogP contribution in [0.3, 0.4) is 0 Å². The van der Waals surface area contributed by atoms with E-state index in [0.717, 1.165) is 19.1 Å². The summed E-state index contributed by atoms with van der Waals surface area (Å²) in [5, 5.41) is 8.83. The summed E-state index contributed by atoms with van der Waals surface area (Å²) in [6.07, 6.45) is -5.03. The minimum absolute atomic E-state index is 0.0407. The van der Waals surface area contributed by atoms with E-state index in [1.807, 2.05) is 0 Å². The Hall–Kier alpha value is -3.09. The predicted octanol–water partition coefficient (Wildman–Crippen LogP) is 1.36. The number of benzene rings is 1. The minimum Gasteiger partial charge on any atom is -0.335 e. The lowest BCUT2D eigenvalue weighted by atomic mass is 10.1. The molecule has 1 heterocycles. The van der Waals surface area contributed by atoms with Gasteiger partial charge in [-0.25, -0.2) is 18.4 Å². The van der Waals surface area contributed by atoms with Crippen LogP contribution < -0.4 is 17.1 Å². The second kappa shape index (κ2) is 5.52. The molecule has 0 aliphatic rings. The molecule has 0 amide bonds. The van der Waals surface area contributed by atoms with E-state index in [0.29, 0.717) is 0 Å². The molecule has 1 aromatic heterocycles. The number of alkyl halides is 3. The van der Waals surface area contributed by atoms with Gasteiger partial charge in [-0.15, -0.1) is 0 Å². The molecular formula is C14H10F4N4O2. The monoisotopic (exact) mass is 342 g/mol. The zero-order chi connectivity index (χ0) is 18.4. The molecule has 0 saturated heterocycles. The third-order valence-corrected chi connectivity index (χ3v) is 3.44. The number of aryl methyl sites for hydroxylation is 1. The fourth-order valence-corrected chi connectivity index (χ4v) is 2.26. The normalized spacial score (nSPS) is 11.4. The number of halogens is 4. The third kappa shape index (κ3) is 2.54. The van der Waals surface area contributed by atoms with E-state index in [-0.39, 0.29) is 20.4 Å². The van der Waals surface area contributed by atoms with Gasteiger partial charge in [0.25, 0.3) is 5.56 Å². The highest BCUT2D eigenvalue weighted by molar-refractivity contribution is 5.47. The van der Waals surface area contributed by atoms with Gasteiger partial charge in [-0.05, 0) is 31.5 Å². The highest BCUT2D eigenvalue weighted by Crippen LogP contribution is 2.29. The summed E-state index contributed by atoms with van der Waals surface area (Å²) < 4.78 is 52.9. The Bertz CT molecular complexity index is 959. The van der Waals surface area contributed by atoms with Crippen LogP contribution in [0.4, 0.5) is 17.6 Å². The molecule has 0 radical (unpaired) electrons. The van der Waals surface area contributed by atoms with Crippen molar-refractivity contribution in [2.45, 2.75) is 20.0 Å². The Kier molecular flexibility index (Phi) is 3.97. The van der Waals surface area contributed by atoms with Crippen molar-refractivity contribution >= 4 is 0 Å². The Morgan fingerprint density at radius 2 is 1.79 bits per heavy atom. The van der Waals surface area contributed by atoms with E-state index < -0.39 is 40.2 Å². The van der Waals surface area contributed by atoms with Crippen LogP contribution in [-0.4, -0.2) is 9.24 Å². The van der Waals surface area contributed by atoms with Gasteiger partial charge in [0.1, 0.15) is 5.82 Å². The molecule has 126 valence electrons. The van der Waals surface area contributed by atoms with Gasteiger partial charge < -0.3 is 5.84 Å². The number of hydrogen-bond acceptors (Lipinski definition) is 4. The van der Waals surface area contributed by atoms with Crippen LogP contribution in [0.2, 0.25) is 0 Å². The average molecular weight is 342 g/mol. The van der Waals surface area contributed by atoms with Crippen LogP contribution in [0, 0.1) is 31.0 Å². The van der Waals surface area contributed by atoms with Crippen LogP contribution in [0.5, 0.6) is 0 Å². The first kappa shape index (κ1) is 17.3. The summed E-state index contributed by atoms with van der Waals surface area (Å²) in [6.45, 7) is 2.25. The molecule has 6 nitrogen and oxygen atoms in total. The molecule has 0 saturated carbocycles. The van der Waals surface area contributed by atoms with Gasteiger partial charge in [-0.1, -0.05) is 0 Å². The third-order valence-electron chi connectivity index (χ3n) is 3.44. The first-order valence-electron chi connectivity index (χ1n) is 6.42. The summed E-state index contributed by atoms with van der Waals surface area (Å²) in [4.78, 5) is 24.3. The zero-order valence-corrected chi connectivity index (χ0v) is 12.4. The number of aromatic nitrogens is 2. The van der Waals surface area contributed by atoms with Gasteiger partial charge in [0.05, 0.1) is 17.3 Å². The van der Waals surface area contributed by atoms with E-state index in [4.69, 9.17) is 11.1 Å². The maximum Gasteiger partial charge on any atom is 0.433 e. The van der Waals surface area contributed by atoms with E-state index in [1.165, 1.54) is 6.92 Å². The molecule has 2 aromatic rings. The molecule has 0 fully saturated rings. The lowest BCUT2D eigenvalue weighted by Crippen LogP contribution is -2.47. The molecule has 24 heavy (non-hydrogen) atoms. The molecule has 0 unspecified atom stereocenters. The van der Waals surface area contributed by atoms with Gasteiger partial charge in [0.2, 0.25) is 0 Å². The lowest BCUT2D eigenvalue weighted by Gasteiger charge is -2.17. The number of rotatable bonds is 1. The van der Waals surface area contributed by atoms with Gasteiger partial charge >= 0.3 is 11.9 Å². The molecule has 2 N–H and O–H groups in total. The van der Waals surface area contributed by atoms with Crippen molar-refractivity contribution in [1.29, 1.82) is 5.26 Å². The quantitative estimate of drug-likeness (QED) is 0.625. The van der Waals surface area contributed by atoms with Crippen molar-refractivity contribution in [2.24, 2.45) is 0 Å². The van der Waals surface area contributed by atoms with Gasteiger partial charge in [0.15, 0.2) is 5.69 Å². The minimum atomic E-state index is -5.03. The Labute approximate surface area is 131 Å². The topological polar surface area (TPSA) is 93.8 Å². The van der Waals surface area contributed by atoms with E-state index in [2.05, 4.69) is 0 Å². The maximum absolute atomic E-state index is 14.1. The summed E-state index contributed by atoms with van der Waals surface area (Å²) in [6, 6.07) is 3.51. The molecule has 0 spiro atoms. The van der Waals surface area contributed by atoms with E-state index in [9.17, 15) is 27.2 Å². The number of hydrogen-bond donors (Lipinski definition) is 1. The van der Waals surface area contributed by atoms with Crippen molar-refractivity contribution in [1.82, 2.24) is 9.24 Å². The second-order valence-corrected chi connectivity index (χ2v) is 4.99. The smallest absolute Gasteiger partial charge is 0.335 e. The zero-order valence-electron chi connectivity index (χ0n) is 12.4. The van der Waals surface area contributed by atoms with Crippen LogP contribution in [0.15, 0.2) is 21.7 Å². The molecule has 0 aliphatic carbocycles. The van der Waals surface area contributed by atoms with Gasteiger partial charge in [-0.2, -0.15) is 18.4 Å². The molecular weight excluding hydrogens is 332 g/mol. The van der Waals surface area contributed by atoms with E-state index in [1.54, 1.807) is 6.07 Å². The first-order valence-corrected chi connectivity index (χ1v) is 6.42. The summed E-state index contributed by atoms with van der Waals surface area (Å²) in [5.74, 6) is 4.06. The maximum atomic E-state index is 14.1. The van der Waals surface area contributed by atoms with Crippen LogP contribution in [0.1, 0.15) is 22.4 Å². The van der Waals surface area contributed by atoms with Gasteiger partial charge in [0, 0.05) is 5.56 Å².